The van der Waals surface area contributed by atoms with E-state index < -0.39 is 11.2 Å². The van der Waals surface area contributed by atoms with Crippen molar-refractivity contribution in [2.45, 2.75) is 32.8 Å². The highest BCUT2D eigenvalue weighted by Gasteiger charge is 2.30. The SMILES string of the molecule is CC(C)CC(=O)OCC1(C)C=Cc2c(ccc3ccc(=O)oc23)O1. The molecular formula is C19H20O5. The summed E-state index contributed by atoms with van der Waals surface area (Å²) in [6.45, 7) is 5.91. The van der Waals surface area contributed by atoms with Gasteiger partial charge in [0.25, 0.3) is 0 Å². The molecule has 0 aliphatic carbocycles. The Bertz CT molecular complexity index is 862. The molecule has 0 spiro atoms. The minimum absolute atomic E-state index is 0.130. The number of ether oxygens (including phenoxy) is 2. The monoisotopic (exact) mass is 328 g/mol. The van der Waals surface area contributed by atoms with Crippen molar-refractivity contribution in [1.82, 2.24) is 0 Å². The first-order valence-electron chi connectivity index (χ1n) is 7.97. The van der Waals surface area contributed by atoms with Gasteiger partial charge < -0.3 is 13.9 Å². The first-order valence-corrected chi connectivity index (χ1v) is 7.97. The number of hydrogen-bond acceptors (Lipinski definition) is 5. The maximum atomic E-state index is 11.7. The van der Waals surface area contributed by atoms with E-state index in [0.717, 1.165) is 10.9 Å². The standard InChI is InChI=1S/C19H20O5/c1-12(2)10-17(21)22-11-19(3)9-8-14-15(24-19)6-4-13-5-7-16(20)23-18(13)14/h4-9,12H,10-11H2,1-3H3. The van der Waals surface area contributed by atoms with E-state index in [-0.39, 0.29) is 18.5 Å². The van der Waals surface area contributed by atoms with Crippen LogP contribution < -0.4 is 10.4 Å². The largest absolute Gasteiger partial charge is 0.479 e. The lowest BCUT2D eigenvalue weighted by Gasteiger charge is -2.31. The van der Waals surface area contributed by atoms with Crippen molar-refractivity contribution >= 4 is 23.0 Å². The Morgan fingerprint density at radius 2 is 2.00 bits per heavy atom. The van der Waals surface area contributed by atoms with Crippen LogP contribution in [0.2, 0.25) is 0 Å². The molecule has 1 aromatic carbocycles. The molecule has 0 saturated carbocycles. The molecule has 0 N–H and O–H groups in total. The Morgan fingerprint density at radius 1 is 1.25 bits per heavy atom. The molecule has 0 amide bonds. The van der Waals surface area contributed by atoms with Gasteiger partial charge in [-0.1, -0.05) is 13.8 Å². The Balaban J connectivity index is 1.83. The van der Waals surface area contributed by atoms with Gasteiger partial charge in [-0.05, 0) is 43.2 Å². The number of carbonyl (C=O) groups excluding carboxylic acids is 1. The van der Waals surface area contributed by atoms with Crippen LogP contribution >= 0.6 is 0 Å². The smallest absolute Gasteiger partial charge is 0.336 e. The van der Waals surface area contributed by atoms with Gasteiger partial charge in [0, 0.05) is 17.9 Å². The number of benzene rings is 1. The third kappa shape index (κ3) is 3.35. The molecule has 2 aromatic rings. The van der Waals surface area contributed by atoms with E-state index in [1.54, 1.807) is 6.07 Å². The van der Waals surface area contributed by atoms with Crippen LogP contribution in [0.15, 0.2) is 39.6 Å². The Kier molecular flexibility index (Phi) is 4.18. The highest BCUT2D eigenvalue weighted by Crippen LogP contribution is 2.35. The molecule has 5 heteroatoms. The van der Waals surface area contributed by atoms with Crippen molar-refractivity contribution in [2.75, 3.05) is 6.61 Å². The summed E-state index contributed by atoms with van der Waals surface area (Å²) in [6.07, 6.45) is 4.05. The molecule has 0 fully saturated rings. The molecule has 0 radical (unpaired) electrons. The average molecular weight is 328 g/mol. The molecule has 3 rings (SSSR count). The van der Waals surface area contributed by atoms with Crippen LogP contribution in [0.25, 0.3) is 17.0 Å². The highest BCUT2D eigenvalue weighted by atomic mass is 16.6. The molecule has 1 unspecified atom stereocenters. The molecule has 1 aliphatic heterocycles. The van der Waals surface area contributed by atoms with Crippen molar-refractivity contribution in [3.05, 3.63) is 46.3 Å². The maximum absolute atomic E-state index is 11.7. The van der Waals surface area contributed by atoms with Crippen molar-refractivity contribution in [3.8, 4) is 5.75 Å². The summed E-state index contributed by atoms with van der Waals surface area (Å²) < 4.78 is 16.6. The average Bonchev–Trinajstić information content (AvgIpc) is 2.52. The van der Waals surface area contributed by atoms with Gasteiger partial charge in [0.1, 0.15) is 17.9 Å². The fraction of sp³-hybridized carbons (Fsp3) is 0.368. The lowest BCUT2D eigenvalue weighted by molar-refractivity contribution is -0.148. The summed E-state index contributed by atoms with van der Waals surface area (Å²) >= 11 is 0. The first kappa shape index (κ1) is 16.3. The molecule has 2 heterocycles. The summed E-state index contributed by atoms with van der Waals surface area (Å²) in [5.41, 5.74) is 0.0640. The fourth-order valence-electron chi connectivity index (χ4n) is 2.62. The lowest BCUT2D eigenvalue weighted by atomic mass is 9.99. The zero-order valence-electron chi connectivity index (χ0n) is 14.0. The first-order chi connectivity index (χ1) is 11.4. The molecule has 1 aliphatic rings. The van der Waals surface area contributed by atoms with Gasteiger partial charge >= 0.3 is 11.6 Å². The lowest BCUT2D eigenvalue weighted by Crippen LogP contribution is -2.38. The van der Waals surface area contributed by atoms with Crippen molar-refractivity contribution in [3.63, 3.8) is 0 Å². The van der Waals surface area contributed by atoms with E-state index in [1.165, 1.54) is 6.07 Å². The van der Waals surface area contributed by atoms with Gasteiger partial charge in [-0.25, -0.2) is 4.79 Å². The summed E-state index contributed by atoms with van der Waals surface area (Å²) in [5.74, 6) is 0.614. The summed E-state index contributed by atoms with van der Waals surface area (Å²) in [5, 5.41) is 0.827. The van der Waals surface area contributed by atoms with Crippen LogP contribution in [0.5, 0.6) is 5.75 Å². The Labute approximate surface area is 139 Å². The quantitative estimate of drug-likeness (QED) is 0.634. The minimum atomic E-state index is -0.748. The minimum Gasteiger partial charge on any atom is -0.479 e. The van der Waals surface area contributed by atoms with Crippen molar-refractivity contribution < 1.29 is 18.7 Å². The topological polar surface area (TPSA) is 65.7 Å². The zero-order chi connectivity index (χ0) is 17.3. The maximum Gasteiger partial charge on any atom is 0.336 e. The summed E-state index contributed by atoms with van der Waals surface area (Å²) in [7, 11) is 0. The van der Waals surface area contributed by atoms with E-state index >= 15 is 0 Å². The van der Waals surface area contributed by atoms with E-state index in [9.17, 15) is 9.59 Å². The molecular weight excluding hydrogens is 308 g/mol. The van der Waals surface area contributed by atoms with Crippen LogP contribution in [0.3, 0.4) is 0 Å². The Hall–Kier alpha value is -2.56. The predicted octanol–water partition coefficient (Wildman–Crippen LogP) is 3.55. The van der Waals surface area contributed by atoms with Crippen LogP contribution in [-0.2, 0) is 9.53 Å². The van der Waals surface area contributed by atoms with Crippen molar-refractivity contribution in [2.24, 2.45) is 5.92 Å². The van der Waals surface area contributed by atoms with Gasteiger partial charge in [-0.2, -0.15) is 0 Å². The second kappa shape index (κ2) is 6.15. The Morgan fingerprint density at radius 3 is 2.75 bits per heavy atom. The van der Waals surface area contributed by atoms with Gasteiger partial charge in [-0.15, -0.1) is 0 Å². The van der Waals surface area contributed by atoms with E-state index in [0.29, 0.717) is 17.8 Å². The normalized spacial score (nSPS) is 19.2. The van der Waals surface area contributed by atoms with Crippen molar-refractivity contribution in [1.29, 1.82) is 0 Å². The van der Waals surface area contributed by atoms with E-state index in [2.05, 4.69) is 0 Å². The molecule has 126 valence electrons. The number of esters is 1. The van der Waals surface area contributed by atoms with Gasteiger partial charge in [0.2, 0.25) is 0 Å². The number of fused-ring (bicyclic) bond motifs is 3. The van der Waals surface area contributed by atoms with Gasteiger partial charge in [0.15, 0.2) is 5.60 Å². The molecule has 1 aromatic heterocycles. The number of hydrogen-bond donors (Lipinski definition) is 0. The van der Waals surface area contributed by atoms with Crippen LogP contribution in [0.1, 0.15) is 32.8 Å². The fourth-order valence-corrected chi connectivity index (χ4v) is 2.62. The van der Waals surface area contributed by atoms with Crippen LogP contribution in [0.4, 0.5) is 0 Å². The van der Waals surface area contributed by atoms with E-state index in [4.69, 9.17) is 13.9 Å². The highest BCUT2D eigenvalue weighted by molar-refractivity contribution is 5.89. The molecule has 24 heavy (non-hydrogen) atoms. The number of carbonyl (C=O) groups is 1. The van der Waals surface area contributed by atoms with Gasteiger partial charge in [-0.3, -0.25) is 4.79 Å². The molecule has 0 saturated heterocycles. The van der Waals surface area contributed by atoms with Crippen LogP contribution in [-0.4, -0.2) is 18.2 Å². The molecule has 5 nitrogen and oxygen atoms in total. The summed E-state index contributed by atoms with van der Waals surface area (Å²) in [4.78, 5) is 23.2. The second-order valence-electron chi connectivity index (χ2n) is 6.66. The number of rotatable bonds is 4. The third-order valence-corrected chi connectivity index (χ3v) is 3.83. The second-order valence-corrected chi connectivity index (χ2v) is 6.66. The van der Waals surface area contributed by atoms with Crippen LogP contribution in [0, 0.1) is 5.92 Å². The summed E-state index contributed by atoms with van der Waals surface area (Å²) in [6, 6.07) is 6.77. The molecule has 0 bridgehead atoms. The third-order valence-electron chi connectivity index (χ3n) is 3.83. The van der Waals surface area contributed by atoms with E-state index in [1.807, 2.05) is 45.1 Å². The zero-order valence-corrected chi connectivity index (χ0v) is 14.0. The predicted molar refractivity (Wildman–Crippen MR) is 91.0 cm³/mol. The van der Waals surface area contributed by atoms with Gasteiger partial charge in [0.05, 0.1) is 5.56 Å². The molecule has 1 atom stereocenters.